The van der Waals surface area contributed by atoms with Crippen molar-refractivity contribution in [2.75, 3.05) is 6.61 Å². The molecule has 206 valence electrons. The van der Waals surface area contributed by atoms with Crippen LogP contribution in [0.25, 0.3) is 11.5 Å². The molecular formula is C24H18ClF4N3O7. The molecule has 0 radical (unpaired) electrons. The van der Waals surface area contributed by atoms with Crippen LogP contribution >= 0.6 is 11.6 Å². The zero-order chi connectivity index (χ0) is 28.9. The highest BCUT2D eigenvalue weighted by Gasteiger charge is 2.29. The second-order valence-corrected chi connectivity index (χ2v) is 8.55. The standard InChI is InChI=1S/C24H18ClF4N3O7/c1-10(6-16(33)22-31-24(39-32-22)11-4-2-3-5-12(11)25)23(37)30-15(8-18(35)36)17(34)9-38-21-19(28)13(26)7-14(27)20(21)29/h2-5,7,10,15H,6,8-9H2,1H3,(H,30,37)(H,35,36)/t10-,15+/m1/s1. The Hall–Kier alpha value is -4.33. The van der Waals surface area contributed by atoms with Gasteiger partial charge in [0.2, 0.25) is 29.1 Å². The number of nitrogens with zero attached hydrogens (tertiary/aromatic N) is 2. The van der Waals surface area contributed by atoms with Gasteiger partial charge in [0.15, 0.2) is 23.2 Å². The monoisotopic (exact) mass is 571 g/mol. The van der Waals surface area contributed by atoms with Gasteiger partial charge in [-0.05, 0) is 12.1 Å². The number of carbonyl (C=O) groups excluding carboxylic acids is 3. The van der Waals surface area contributed by atoms with Crippen LogP contribution in [0.5, 0.6) is 5.75 Å². The number of halogens is 5. The van der Waals surface area contributed by atoms with Crippen LogP contribution in [0.15, 0.2) is 34.9 Å². The topological polar surface area (TPSA) is 149 Å². The van der Waals surface area contributed by atoms with Crippen LogP contribution in [0.4, 0.5) is 17.6 Å². The van der Waals surface area contributed by atoms with E-state index in [4.69, 9.17) is 21.2 Å². The molecule has 0 saturated heterocycles. The largest absolute Gasteiger partial charge is 0.481 e. The van der Waals surface area contributed by atoms with Crippen molar-refractivity contribution in [3.63, 3.8) is 0 Å². The van der Waals surface area contributed by atoms with Crippen LogP contribution in [-0.4, -0.2) is 51.3 Å². The van der Waals surface area contributed by atoms with Gasteiger partial charge >= 0.3 is 5.97 Å². The zero-order valence-electron chi connectivity index (χ0n) is 19.8. The summed E-state index contributed by atoms with van der Waals surface area (Å²) < 4.78 is 63.8. The number of aromatic nitrogens is 2. The Bertz CT molecular complexity index is 1410. The van der Waals surface area contributed by atoms with E-state index in [1.165, 1.54) is 6.92 Å². The summed E-state index contributed by atoms with van der Waals surface area (Å²) in [6.07, 6.45) is -1.44. The van der Waals surface area contributed by atoms with Crippen molar-refractivity contribution in [1.29, 1.82) is 0 Å². The number of Topliss-reactive ketones (excluding diaryl/α,β-unsaturated/α-hetero) is 2. The maximum Gasteiger partial charge on any atom is 0.305 e. The first-order valence-electron chi connectivity index (χ1n) is 11.0. The minimum Gasteiger partial charge on any atom is -0.481 e. The highest BCUT2D eigenvalue weighted by molar-refractivity contribution is 6.33. The molecule has 0 aliphatic heterocycles. The molecule has 2 N–H and O–H groups in total. The highest BCUT2D eigenvalue weighted by Crippen LogP contribution is 2.27. The number of ketones is 2. The van der Waals surface area contributed by atoms with Crippen LogP contribution in [0.2, 0.25) is 5.02 Å². The van der Waals surface area contributed by atoms with E-state index >= 15 is 0 Å². The number of rotatable bonds is 12. The summed E-state index contributed by atoms with van der Waals surface area (Å²) in [5, 5.41) is 15.1. The number of hydrogen-bond donors (Lipinski definition) is 2. The van der Waals surface area contributed by atoms with Crippen LogP contribution in [0.3, 0.4) is 0 Å². The Balaban J connectivity index is 1.64. The molecule has 0 fully saturated rings. The lowest BCUT2D eigenvalue weighted by molar-refractivity contribution is -0.140. The normalized spacial score (nSPS) is 12.5. The number of carbonyl (C=O) groups is 4. The lowest BCUT2D eigenvalue weighted by Gasteiger charge is -2.19. The summed E-state index contributed by atoms with van der Waals surface area (Å²) in [4.78, 5) is 52.8. The molecule has 0 aliphatic carbocycles. The molecule has 0 bridgehead atoms. The van der Waals surface area contributed by atoms with Gasteiger partial charge in [-0.15, -0.1) is 0 Å². The van der Waals surface area contributed by atoms with Crippen LogP contribution in [0.1, 0.15) is 30.4 Å². The molecule has 39 heavy (non-hydrogen) atoms. The molecule has 2 aromatic carbocycles. The average molecular weight is 572 g/mol. The molecule has 15 heteroatoms. The van der Waals surface area contributed by atoms with Gasteiger partial charge in [0.25, 0.3) is 5.89 Å². The maximum absolute atomic E-state index is 13.8. The van der Waals surface area contributed by atoms with E-state index in [-0.39, 0.29) is 17.8 Å². The number of carboxylic acid groups (broad SMARTS) is 1. The third kappa shape index (κ3) is 7.16. The minimum atomic E-state index is -1.91. The van der Waals surface area contributed by atoms with Crippen molar-refractivity contribution in [2.45, 2.75) is 25.8 Å². The van der Waals surface area contributed by atoms with Gasteiger partial charge in [-0.25, -0.2) is 8.78 Å². The van der Waals surface area contributed by atoms with Crippen molar-refractivity contribution in [3.8, 4) is 17.2 Å². The van der Waals surface area contributed by atoms with E-state index in [9.17, 15) is 36.7 Å². The number of aliphatic carboxylic acids is 1. The van der Waals surface area contributed by atoms with Crippen LogP contribution < -0.4 is 10.1 Å². The van der Waals surface area contributed by atoms with E-state index < -0.39 is 83.9 Å². The second-order valence-electron chi connectivity index (χ2n) is 8.14. The first kappa shape index (κ1) is 29.2. The molecule has 10 nitrogen and oxygen atoms in total. The predicted molar refractivity (Wildman–Crippen MR) is 124 cm³/mol. The fraction of sp³-hybridized carbons (Fsp3) is 0.250. The summed E-state index contributed by atoms with van der Waals surface area (Å²) >= 11 is 6.06. The second kappa shape index (κ2) is 12.5. The molecule has 3 rings (SSSR count). The highest BCUT2D eigenvalue weighted by atomic mass is 35.5. The Kier molecular flexibility index (Phi) is 9.35. The summed E-state index contributed by atoms with van der Waals surface area (Å²) in [6.45, 7) is 0.0529. The number of hydrogen-bond acceptors (Lipinski definition) is 8. The van der Waals surface area contributed by atoms with Gasteiger partial charge in [0.05, 0.1) is 17.0 Å². The van der Waals surface area contributed by atoms with Gasteiger partial charge in [-0.3, -0.25) is 19.2 Å². The first-order valence-corrected chi connectivity index (χ1v) is 11.4. The van der Waals surface area contributed by atoms with Crippen molar-refractivity contribution in [3.05, 3.63) is 64.4 Å². The summed E-state index contributed by atoms with van der Waals surface area (Å²) in [5.41, 5.74) is 0.370. The zero-order valence-corrected chi connectivity index (χ0v) is 20.6. The van der Waals surface area contributed by atoms with Gasteiger partial charge in [0.1, 0.15) is 12.6 Å². The minimum absolute atomic E-state index is 0.0424. The number of ether oxygens (including phenoxy) is 1. The Morgan fingerprint density at radius 1 is 1.08 bits per heavy atom. The molecule has 0 aliphatic rings. The van der Waals surface area contributed by atoms with E-state index in [1.807, 2.05) is 0 Å². The van der Waals surface area contributed by atoms with Crippen molar-refractivity contribution in [2.24, 2.45) is 5.92 Å². The molecule has 0 spiro atoms. The van der Waals surface area contributed by atoms with E-state index in [0.717, 1.165) is 0 Å². The summed E-state index contributed by atoms with van der Waals surface area (Å²) in [5.74, 6) is -14.8. The van der Waals surface area contributed by atoms with Crippen molar-refractivity contribution in [1.82, 2.24) is 15.5 Å². The average Bonchev–Trinajstić information content (AvgIpc) is 3.37. The molecule has 0 saturated carbocycles. The number of carboxylic acids is 1. The van der Waals surface area contributed by atoms with Gasteiger partial charge in [0, 0.05) is 18.4 Å². The fourth-order valence-corrected chi connectivity index (χ4v) is 3.42. The number of benzene rings is 2. The number of nitrogens with one attached hydrogen (secondary N) is 1. The van der Waals surface area contributed by atoms with E-state index in [0.29, 0.717) is 10.6 Å². The Labute approximate surface area is 221 Å². The van der Waals surface area contributed by atoms with E-state index in [2.05, 4.69) is 20.2 Å². The van der Waals surface area contributed by atoms with Crippen molar-refractivity contribution >= 4 is 35.0 Å². The quantitative estimate of drug-likeness (QED) is 0.188. The molecule has 1 heterocycles. The Morgan fingerprint density at radius 3 is 2.33 bits per heavy atom. The van der Waals surface area contributed by atoms with E-state index in [1.54, 1.807) is 24.3 Å². The predicted octanol–water partition coefficient (Wildman–Crippen LogP) is 3.76. The first-order chi connectivity index (χ1) is 18.4. The third-order valence-corrected chi connectivity index (χ3v) is 5.56. The van der Waals surface area contributed by atoms with Crippen LogP contribution in [0, 0.1) is 29.2 Å². The molecule has 2 atom stereocenters. The molecule has 1 amide bonds. The fourth-order valence-electron chi connectivity index (χ4n) is 3.20. The Morgan fingerprint density at radius 2 is 1.72 bits per heavy atom. The maximum atomic E-state index is 13.8. The molecule has 3 aromatic rings. The molecular weight excluding hydrogens is 554 g/mol. The molecule has 1 aromatic heterocycles. The lowest BCUT2D eigenvalue weighted by Crippen LogP contribution is -2.46. The van der Waals surface area contributed by atoms with Crippen molar-refractivity contribution < 1.29 is 51.1 Å². The van der Waals surface area contributed by atoms with Gasteiger partial charge in [-0.2, -0.15) is 13.8 Å². The third-order valence-electron chi connectivity index (χ3n) is 5.23. The SMILES string of the molecule is C[C@H](CC(=O)c1noc(-c2ccccc2Cl)n1)C(=O)N[C@@H](CC(=O)O)C(=O)COc1c(F)c(F)cc(F)c1F. The van der Waals surface area contributed by atoms with Gasteiger partial charge < -0.3 is 19.7 Å². The lowest BCUT2D eigenvalue weighted by atomic mass is 10.0. The number of amides is 1. The summed E-state index contributed by atoms with van der Waals surface area (Å²) in [6, 6.07) is 4.63. The van der Waals surface area contributed by atoms with Crippen LogP contribution in [-0.2, 0) is 14.4 Å². The smallest absolute Gasteiger partial charge is 0.305 e. The molecule has 0 unspecified atom stereocenters. The summed E-state index contributed by atoms with van der Waals surface area (Å²) in [7, 11) is 0. The van der Waals surface area contributed by atoms with Gasteiger partial charge in [-0.1, -0.05) is 35.8 Å².